The maximum absolute atomic E-state index is 11.4. The van der Waals surface area contributed by atoms with Gasteiger partial charge < -0.3 is 5.11 Å². The standard InChI is InChI=1S/C11H20O2S/c1-3-11(13)8(2)4-9-5-10(12)7-14-6-9/h8-10,12H,3-7H2,1-2H3/t8-,9-,10-/m0/s1. The summed E-state index contributed by atoms with van der Waals surface area (Å²) in [6, 6.07) is 0. The van der Waals surface area contributed by atoms with Crippen LogP contribution in [0, 0.1) is 11.8 Å². The van der Waals surface area contributed by atoms with Gasteiger partial charge in [0.25, 0.3) is 0 Å². The molecule has 0 radical (unpaired) electrons. The van der Waals surface area contributed by atoms with E-state index in [9.17, 15) is 9.90 Å². The first kappa shape index (κ1) is 12.1. The Morgan fingerprint density at radius 3 is 2.86 bits per heavy atom. The van der Waals surface area contributed by atoms with Crippen LogP contribution in [-0.2, 0) is 4.79 Å². The Hall–Kier alpha value is -0.0200. The molecule has 1 saturated heterocycles. The van der Waals surface area contributed by atoms with Gasteiger partial charge >= 0.3 is 0 Å². The highest BCUT2D eigenvalue weighted by molar-refractivity contribution is 7.99. The molecule has 1 fully saturated rings. The molecule has 82 valence electrons. The fourth-order valence-corrected chi connectivity index (χ4v) is 3.19. The van der Waals surface area contributed by atoms with Crippen LogP contribution < -0.4 is 0 Å². The maximum Gasteiger partial charge on any atom is 0.135 e. The van der Waals surface area contributed by atoms with Gasteiger partial charge in [0.2, 0.25) is 0 Å². The second-order valence-electron chi connectivity index (χ2n) is 4.25. The zero-order valence-corrected chi connectivity index (χ0v) is 9.85. The van der Waals surface area contributed by atoms with Gasteiger partial charge in [-0.1, -0.05) is 13.8 Å². The normalized spacial score (nSPS) is 29.9. The summed E-state index contributed by atoms with van der Waals surface area (Å²) in [7, 11) is 0. The first-order chi connectivity index (χ1) is 6.63. The van der Waals surface area contributed by atoms with Gasteiger partial charge in [-0.05, 0) is 24.5 Å². The van der Waals surface area contributed by atoms with Gasteiger partial charge in [0, 0.05) is 18.1 Å². The van der Waals surface area contributed by atoms with Crippen LogP contribution in [0.4, 0.5) is 0 Å². The Bertz CT molecular complexity index is 194. The van der Waals surface area contributed by atoms with Crippen LogP contribution >= 0.6 is 11.8 Å². The van der Waals surface area contributed by atoms with E-state index in [1.54, 1.807) is 0 Å². The summed E-state index contributed by atoms with van der Waals surface area (Å²) >= 11 is 1.81. The summed E-state index contributed by atoms with van der Waals surface area (Å²) in [5, 5.41) is 9.48. The Kier molecular flexibility index (Phi) is 4.96. The highest BCUT2D eigenvalue weighted by atomic mass is 32.2. The molecule has 3 atom stereocenters. The topological polar surface area (TPSA) is 37.3 Å². The van der Waals surface area contributed by atoms with Crippen molar-refractivity contribution in [1.29, 1.82) is 0 Å². The Morgan fingerprint density at radius 2 is 2.29 bits per heavy atom. The Morgan fingerprint density at radius 1 is 1.57 bits per heavy atom. The first-order valence-corrected chi connectivity index (χ1v) is 6.57. The zero-order valence-electron chi connectivity index (χ0n) is 9.03. The van der Waals surface area contributed by atoms with Crippen molar-refractivity contribution in [3.8, 4) is 0 Å². The molecule has 3 heteroatoms. The molecule has 0 amide bonds. The van der Waals surface area contributed by atoms with Gasteiger partial charge in [0.05, 0.1) is 6.10 Å². The van der Waals surface area contributed by atoms with E-state index >= 15 is 0 Å². The summed E-state index contributed by atoms with van der Waals surface area (Å²) in [6.45, 7) is 3.93. The van der Waals surface area contributed by atoms with Crippen molar-refractivity contribution in [2.75, 3.05) is 11.5 Å². The minimum Gasteiger partial charge on any atom is -0.392 e. The number of hydrogen-bond donors (Lipinski definition) is 1. The second kappa shape index (κ2) is 5.76. The van der Waals surface area contributed by atoms with Crippen LogP contribution in [0.15, 0.2) is 0 Å². The molecule has 0 saturated carbocycles. The smallest absolute Gasteiger partial charge is 0.135 e. The van der Waals surface area contributed by atoms with Crippen molar-refractivity contribution in [3.05, 3.63) is 0 Å². The third-order valence-corrected chi connectivity index (χ3v) is 4.18. The number of carbonyl (C=O) groups is 1. The molecule has 1 heterocycles. The number of aliphatic hydroxyl groups is 1. The largest absolute Gasteiger partial charge is 0.392 e. The lowest BCUT2D eigenvalue weighted by molar-refractivity contribution is -0.122. The minimum atomic E-state index is -0.150. The number of thioether (sulfide) groups is 1. The molecule has 2 nitrogen and oxygen atoms in total. The lowest BCUT2D eigenvalue weighted by Crippen LogP contribution is -2.26. The van der Waals surface area contributed by atoms with E-state index in [1.165, 1.54) is 0 Å². The molecule has 1 aliphatic rings. The van der Waals surface area contributed by atoms with Gasteiger partial charge in [-0.25, -0.2) is 0 Å². The van der Waals surface area contributed by atoms with Gasteiger partial charge in [0.1, 0.15) is 5.78 Å². The van der Waals surface area contributed by atoms with E-state index in [-0.39, 0.29) is 12.0 Å². The number of Topliss-reactive ketones (excluding diaryl/α,β-unsaturated/α-hetero) is 1. The fraction of sp³-hybridized carbons (Fsp3) is 0.909. The van der Waals surface area contributed by atoms with Gasteiger partial charge in [0.15, 0.2) is 0 Å². The summed E-state index contributed by atoms with van der Waals surface area (Å²) in [4.78, 5) is 11.4. The van der Waals surface area contributed by atoms with Crippen molar-refractivity contribution < 1.29 is 9.90 Å². The molecule has 0 aromatic heterocycles. The van der Waals surface area contributed by atoms with E-state index in [0.29, 0.717) is 18.1 Å². The third-order valence-electron chi connectivity index (χ3n) is 2.85. The van der Waals surface area contributed by atoms with Crippen LogP contribution in [0.1, 0.15) is 33.1 Å². The zero-order chi connectivity index (χ0) is 10.6. The predicted molar refractivity (Wildman–Crippen MR) is 60.5 cm³/mol. The number of rotatable bonds is 4. The van der Waals surface area contributed by atoms with E-state index in [1.807, 2.05) is 25.6 Å². The average Bonchev–Trinajstić information content (AvgIpc) is 2.16. The second-order valence-corrected chi connectivity index (χ2v) is 5.32. The Labute approximate surface area is 90.5 Å². The molecule has 0 unspecified atom stereocenters. The summed E-state index contributed by atoms with van der Waals surface area (Å²) < 4.78 is 0. The van der Waals surface area contributed by atoms with E-state index in [0.717, 1.165) is 24.3 Å². The monoisotopic (exact) mass is 216 g/mol. The van der Waals surface area contributed by atoms with Gasteiger partial charge in [-0.2, -0.15) is 11.8 Å². The number of hydrogen-bond acceptors (Lipinski definition) is 3. The summed E-state index contributed by atoms with van der Waals surface area (Å²) in [5.74, 6) is 3.05. The molecule has 0 aromatic rings. The number of ketones is 1. The number of carbonyl (C=O) groups excluding carboxylic acids is 1. The molecule has 0 spiro atoms. The molecular weight excluding hydrogens is 196 g/mol. The van der Waals surface area contributed by atoms with Crippen LogP contribution in [-0.4, -0.2) is 28.5 Å². The Balaban J connectivity index is 2.32. The van der Waals surface area contributed by atoms with Gasteiger partial charge in [-0.15, -0.1) is 0 Å². The van der Waals surface area contributed by atoms with Crippen LogP contribution in [0.5, 0.6) is 0 Å². The van der Waals surface area contributed by atoms with E-state index < -0.39 is 0 Å². The number of aliphatic hydroxyl groups excluding tert-OH is 1. The lowest BCUT2D eigenvalue weighted by atomic mass is 9.89. The van der Waals surface area contributed by atoms with Crippen molar-refractivity contribution in [1.82, 2.24) is 0 Å². The summed E-state index contributed by atoms with van der Waals surface area (Å²) in [5.41, 5.74) is 0. The highest BCUT2D eigenvalue weighted by Crippen LogP contribution is 2.28. The highest BCUT2D eigenvalue weighted by Gasteiger charge is 2.24. The summed E-state index contributed by atoms with van der Waals surface area (Å²) in [6.07, 6.45) is 2.33. The SMILES string of the molecule is CCC(=O)[C@@H](C)C[C@@H]1CSC[C@@H](O)C1. The van der Waals surface area contributed by atoms with Crippen molar-refractivity contribution in [2.45, 2.75) is 39.2 Å². The van der Waals surface area contributed by atoms with Crippen LogP contribution in [0.25, 0.3) is 0 Å². The molecule has 1 rings (SSSR count). The van der Waals surface area contributed by atoms with E-state index in [2.05, 4.69) is 0 Å². The fourth-order valence-electron chi connectivity index (χ4n) is 2.04. The van der Waals surface area contributed by atoms with Crippen LogP contribution in [0.3, 0.4) is 0 Å². The lowest BCUT2D eigenvalue weighted by Gasteiger charge is -2.27. The van der Waals surface area contributed by atoms with Crippen molar-refractivity contribution >= 4 is 17.5 Å². The molecule has 0 bridgehead atoms. The molecular formula is C11H20O2S. The van der Waals surface area contributed by atoms with Crippen molar-refractivity contribution in [2.24, 2.45) is 11.8 Å². The van der Waals surface area contributed by atoms with E-state index in [4.69, 9.17) is 0 Å². The minimum absolute atomic E-state index is 0.150. The average molecular weight is 216 g/mol. The van der Waals surface area contributed by atoms with Gasteiger partial charge in [-0.3, -0.25) is 4.79 Å². The predicted octanol–water partition coefficient (Wildman–Crippen LogP) is 2.11. The third kappa shape index (κ3) is 3.62. The molecule has 1 aliphatic heterocycles. The first-order valence-electron chi connectivity index (χ1n) is 5.42. The quantitative estimate of drug-likeness (QED) is 0.782. The maximum atomic E-state index is 11.4. The molecule has 0 aromatic carbocycles. The molecule has 1 N–H and O–H groups in total. The van der Waals surface area contributed by atoms with Crippen LogP contribution in [0.2, 0.25) is 0 Å². The molecule has 0 aliphatic carbocycles. The van der Waals surface area contributed by atoms with Crippen molar-refractivity contribution in [3.63, 3.8) is 0 Å². The molecule has 14 heavy (non-hydrogen) atoms.